The fraction of sp³-hybridized carbons (Fsp3) is 0.222. The van der Waals surface area contributed by atoms with Gasteiger partial charge in [-0.1, -0.05) is 18.2 Å². The van der Waals surface area contributed by atoms with Crippen molar-refractivity contribution in [2.75, 3.05) is 19.0 Å². The highest BCUT2D eigenvalue weighted by Gasteiger charge is 2.12. The third-order valence-electron chi connectivity index (χ3n) is 3.39. The zero-order chi connectivity index (χ0) is 17.5. The van der Waals surface area contributed by atoms with Crippen molar-refractivity contribution >= 4 is 17.5 Å². The number of halogens is 1. The quantitative estimate of drug-likeness (QED) is 0.856. The molecule has 2 aromatic rings. The summed E-state index contributed by atoms with van der Waals surface area (Å²) in [5.74, 6) is -0.734. The third kappa shape index (κ3) is 4.55. The van der Waals surface area contributed by atoms with Crippen LogP contribution in [0.2, 0.25) is 0 Å². The first-order valence-electron chi connectivity index (χ1n) is 7.48. The van der Waals surface area contributed by atoms with Crippen molar-refractivity contribution in [2.24, 2.45) is 0 Å². The Hall–Kier alpha value is -2.89. The van der Waals surface area contributed by atoms with E-state index in [1.807, 2.05) is 0 Å². The van der Waals surface area contributed by atoms with Gasteiger partial charge in [0, 0.05) is 13.0 Å². The average molecular weight is 330 g/mol. The van der Waals surface area contributed by atoms with Crippen molar-refractivity contribution in [1.82, 2.24) is 5.32 Å². The molecule has 126 valence electrons. The summed E-state index contributed by atoms with van der Waals surface area (Å²) in [6.07, 6.45) is 0.0359. The van der Waals surface area contributed by atoms with E-state index in [1.54, 1.807) is 37.3 Å². The van der Waals surface area contributed by atoms with E-state index in [0.717, 1.165) is 5.56 Å². The molecule has 0 fully saturated rings. The SMILES string of the molecule is COc1ccccc1C(=O)NCCC(=O)Nc1ccc(C)cc1F. The van der Waals surface area contributed by atoms with E-state index in [1.165, 1.54) is 19.2 Å². The van der Waals surface area contributed by atoms with Gasteiger partial charge in [-0.3, -0.25) is 9.59 Å². The number of aryl methyl sites for hydroxylation is 1. The molecule has 0 aliphatic carbocycles. The third-order valence-corrected chi connectivity index (χ3v) is 3.39. The van der Waals surface area contributed by atoms with Gasteiger partial charge >= 0.3 is 0 Å². The number of carbonyl (C=O) groups excluding carboxylic acids is 2. The van der Waals surface area contributed by atoms with Crippen LogP contribution in [0.1, 0.15) is 22.3 Å². The van der Waals surface area contributed by atoms with Crippen LogP contribution in [0.4, 0.5) is 10.1 Å². The molecule has 24 heavy (non-hydrogen) atoms. The van der Waals surface area contributed by atoms with Crippen molar-refractivity contribution in [2.45, 2.75) is 13.3 Å². The number of anilines is 1. The van der Waals surface area contributed by atoms with Crippen molar-refractivity contribution in [3.8, 4) is 5.75 Å². The summed E-state index contributed by atoms with van der Waals surface area (Å²) in [6.45, 7) is 1.90. The molecule has 2 N–H and O–H groups in total. The minimum absolute atomic E-state index is 0.0359. The normalized spacial score (nSPS) is 10.1. The topological polar surface area (TPSA) is 67.4 Å². The Bertz CT molecular complexity index is 747. The lowest BCUT2D eigenvalue weighted by Crippen LogP contribution is -2.28. The van der Waals surface area contributed by atoms with Gasteiger partial charge in [0.15, 0.2) is 0 Å². The van der Waals surface area contributed by atoms with Crippen LogP contribution in [-0.2, 0) is 4.79 Å². The zero-order valence-corrected chi connectivity index (χ0v) is 13.6. The maximum Gasteiger partial charge on any atom is 0.255 e. The molecule has 0 bridgehead atoms. The predicted octanol–water partition coefficient (Wildman–Crippen LogP) is 2.90. The first kappa shape index (κ1) is 17.5. The molecule has 5 nitrogen and oxygen atoms in total. The van der Waals surface area contributed by atoms with Crippen LogP contribution < -0.4 is 15.4 Å². The molecule has 0 aliphatic heterocycles. The molecule has 0 heterocycles. The fourth-order valence-electron chi connectivity index (χ4n) is 2.15. The molecule has 0 radical (unpaired) electrons. The maximum absolute atomic E-state index is 13.7. The van der Waals surface area contributed by atoms with Crippen molar-refractivity contribution in [3.05, 3.63) is 59.4 Å². The van der Waals surface area contributed by atoms with Crippen molar-refractivity contribution < 1.29 is 18.7 Å². The van der Waals surface area contributed by atoms with E-state index in [0.29, 0.717) is 11.3 Å². The number of rotatable bonds is 6. The number of amides is 2. The molecule has 2 amide bonds. The largest absolute Gasteiger partial charge is 0.496 e. The maximum atomic E-state index is 13.7. The summed E-state index contributed by atoms with van der Waals surface area (Å²) in [5, 5.41) is 5.12. The van der Waals surface area contributed by atoms with E-state index in [9.17, 15) is 14.0 Å². The molecule has 2 rings (SSSR count). The van der Waals surface area contributed by atoms with Crippen LogP contribution in [0.25, 0.3) is 0 Å². The molecule has 0 saturated carbocycles. The summed E-state index contributed by atoms with van der Waals surface area (Å²) in [5.41, 5.74) is 1.29. The van der Waals surface area contributed by atoms with E-state index < -0.39 is 5.82 Å². The fourth-order valence-corrected chi connectivity index (χ4v) is 2.15. The van der Waals surface area contributed by atoms with Gasteiger partial charge in [-0.05, 0) is 36.8 Å². The first-order chi connectivity index (χ1) is 11.5. The molecular formula is C18H19FN2O3. The minimum Gasteiger partial charge on any atom is -0.496 e. The Kier molecular flexibility index (Phi) is 5.89. The Morgan fingerprint density at radius 3 is 2.62 bits per heavy atom. The van der Waals surface area contributed by atoms with Crippen LogP contribution >= 0.6 is 0 Å². The Morgan fingerprint density at radius 2 is 1.92 bits per heavy atom. The second kappa shape index (κ2) is 8.10. The van der Waals surface area contributed by atoms with Crippen LogP contribution in [0.15, 0.2) is 42.5 Å². The summed E-state index contributed by atoms with van der Waals surface area (Å²) in [6, 6.07) is 11.4. The Balaban J connectivity index is 1.85. The van der Waals surface area contributed by atoms with Crippen molar-refractivity contribution in [1.29, 1.82) is 0 Å². The lowest BCUT2D eigenvalue weighted by Gasteiger charge is -2.10. The highest BCUT2D eigenvalue weighted by atomic mass is 19.1. The number of hydrogen-bond acceptors (Lipinski definition) is 3. The summed E-state index contributed by atoms with van der Waals surface area (Å²) in [4.78, 5) is 23.9. The predicted molar refractivity (Wildman–Crippen MR) is 89.7 cm³/mol. The van der Waals surface area contributed by atoms with Crippen LogP contribution in [0.5, 0.6) is 5.75 Å². The molecule has 0 saturated heterocycles. The standard InChI is InChI=1S/C18H19FN2O3/c1-12-7-8-15(14(19)11-12)21-17(22)9-10-20-18(23)13-5-3-4-6-16(13)24-2/h3-8,11H,9-10H2,1-2H3,(H,20,23)(H,21,22). The van der Waals surface area contributed by atoms with Crippen LogP contribution in [0.3, 0.4) is 0 Å². The molecule has 0 unspecified atom stereocenters. The van der Waals surface area contributed by atoms with Crippen LogP contribution in [0, 0.1) is 12.7 Å². The smallest absolute Gasteiger partial charge is 0.255 e. The van der Waals surface area contributed by atoms with Gasteiger partial charge in [0.1, 0.15) is 11.6 Å². The van der Waals surface area contributed by atoms with Gasteiger partial charge in [0.05, 0.1) is 18.4 Å². The monoisotopic (exact) mass is 330 g/mol. The average Bonchev–Trinajstić information content (AvgIpc) is 2.57. The van der Waals surface area contributed by atoms with Crippen LogP contribution in [-0.4, -0.2) is 25.5 Å². The van der Waals surface area contributed by atoms with Gasteiger partial charge in [-0.25, -0.2) is 4.39 Å². The first-order valence-corrected chi connectivity index (χ1v) is 7.48. The molecule has 0 aromatic heterocycles. The number of hydrogen-bond donors (Lipinski definition) is 2. The molecule has 2 aromatic carbocycles. The highest BCUT2D eigenvalue weighted by Crippen LogP contribution is 2.17. The number of para-hydroxylation sites is 1. The minimum atomic E-state index is -0.485. The number of benzene rings is 2. The molecule has 0 atom stereocenters. The summed E-state index contributed by atoms with van der Waals surface area (Å²) in [7, 11) is 1.48. The van der Waals surface area contributed by atoms with Gasteiger partial charge < -0.3 is 15.4 Å². The van der Waals surface area contributed by atoms with Gasteiger partial charge in [0.2, 0.25) is 5.91 Å². The molecular weight excluding hydrogens is 311 g/mol. The van der Waals surface area contributed by atoms with Gasteiger partial charge in [-0.2, -0.15) is 0 Å². The Morgan fingerprint density at radius 1 is 1.17 bits per heavy atom. The Labute approximate surface area is 139 Å². The van der Waals surface area contributed by atoms with E-state index >= 15 is 0 Å². The molecule has 0 spiro atoms. The number of carbonyl (C=O) groups is 2. The van der Waals surface area contributed by atoms with E-state index in [2.05, 4.69) is 10.6 Å². The number of methoxy groups -OCH3 is 1. The van der Waals surface area contributed by atoms with Gasteiger partial charge in [0.25, 0.3) is 5.91 Å². The number of ether oxygens (including phenoxy) is 1. The second-order valence-corrected chi connectivity index (χ2v) is 5.24. The van der Waals surface area contributed by atoms with E-state index in [-0.39, 0.29) is 30.5 Å². The van der Waals surface area contributed by atoms with E-state index in [4.69, 9.17) is 4.74 Å². The zero-order valence-electron chi connectivity index (χ0n) is 13.6. The summed E-state index contributed by atoms with van der Waals surface area (Å²) < 4.78 is 18.8. The highest BCUT2D eigenvalue weighted by molar-refractivity contribution is 5.97. The number of nitrogens with one attached hydrogen (secondary N) is 2. The lowest BCUT2D eigenvalue weighted by atomic mass is 10.2. The lowest BCUT2D eigenvalue weighted by molar-refractivity contribution is -0.116. The molecule has 0 aliphatic rings. The second-order valence-electron chi connectivity index (χ2n) is 5.24. The van der Waals surface area contributed by atoms with Gasteiger partial charge in [-0.15, -0.1) is 0 Å². The van der Waals surface area contributed by atoms with Crippen molar-refractivity contribution in [3.63, 3.8) is 0 Å². The summed E-state index contributed by atoms with van der Waals surface area (Å²) >= 11 is 0. The molecule has 6 heteroatoms.